The maximum atomic E-state index is 6.25. The number of fused-ring (bicyclic) bond motifs is 1. The Bertz CT molecular complexity index is 499. The van der Waals surface area contributed by atoms with Crippen molar-refractivity contribution in [1.82, 2.24) is 0 Å². The van der Waals surface area contributed by atoms with Gasteiger partial charge in [0.25, 0.3) is 0 Å². The molecule has 0 bridgehead atoms. The Hall–Kier alpha value is -0.950. The Kier molecular flexibility index (Phi) is 3.78. The molecular weight excluding hydrogens is 232 g/mol. The lowest BCUT2D eigenvalue weighted by Crippen LogP contribution is -2.08. The second kappa shape index (κ2) is 5.14. The zero-order valence-electron chi connectivity index (χ0n) is 10.7. The summed E-state index contributed by atoms with van der Waals surface area (Å²) in [4.78, 5) is 0. The summed E-state index contributed by atoms with van der Waals surface area (Å²) in [6.07, 6.45) is 1.89. The molecule has 1 atom stereocenters. The highest BCUT2D eigenvalue weighted by molar-refractivity contribution is 6.20. The number of hydrogen-bond donors (Lipinski definition) is 0. The van der Waals surface area contributed by atoms with E-state index in [2.05, 4.69) is 39.0 Å². The fourth-order valence-corrected chi connectivity index (χ4v) is 2.06. The molecule has 17 heavy (non-hydrogen) atoms. The molecule has 0 fully saturated rings. The average Bonchev–Trinajstić information content (AvgIpc) is 2.67. The Labute approximate surface area is 108 Å². The fraction of sp³-hybridized carbons (Fsp3) is 0.467. The maximum absolute atomic E-state index is 6.25. The zero-order chi connectivity index (χ0) is 12.4. The number of halogens is 1. The first-order chi connectivity index (χ1) is 8.06. The van der Waals surface area contributed by atoms with Gasteiger partial charge in [-0.3, -0.25) is 0 Å². The third-order valence-corrected chi connectivity index (χ3v) is 3.83. The first-order valence-electron chi connectivity index (χ1n) is 6.19. The van der Waals surface area contributed by atoms with E-state index in [4.69, 9.17) is 16.0 Å². The van der Waals surface area contributed by atoms with Crippen LogP contribution in [0.4, 0.5) is 0 Å². The zero-order valence-corrected chi connectivity index (χ0v) is 11.4. The molecule has 0 saturated carbocycles. The molecule has 0 amide bonds. The first kappa shape index (κ1) is 12.5. The van der Waals surface area contributed by atoms with Crippen molar-refractivity contribution in [3.63, 3.8) is 0 Å². The molecule has 0 saturated heterocycles. The van der Waals surface area contributed by atoms with Gasteiger partial charge in [0.15, 0.2) is 0 Å². The number of furan rings is 1. The van der Waals surface area contributed by atoms with Crippen molar-refractivity contribution in [3.05, 3.63) is 35.6 Å². The first-order valence-corrected chi connectivity index (χ1v) is 6.63. The minimum absolute atomic E-state index is 0.227. The van der Waals surface area contributed by atoms with Crippen LogP contribution in [0.5, 0.6) is 0 Å². The van der Waals surface area contributed by atoms with Gasteiger partial charge in [-0.2, -0.15) is 0 Å². The van der Waals surface area contributed by atoms with Crippen LogP contribution in [0.1, 0.15) is 31.6 Å². The quantitative estimate of drug-likeness (QED) is 0.701. The molecule has 2 aromatic rings. The monoisotopic (exact) mass is 250 g/mol. The molecule has 1 aromatic carbocycles. The van der Waals surface area contributed by atoms with Gasteiger partial charge >= 0.3 is 0 Å². The van der Waals surface area contributed by atoms with Gasteiger partial charge in [-0.25, -0.2) is 0 Å². The molecule has 1 aromatic heterocycles. The SMILES string of the molecule is Cc1ccc2oc(CCC(Cl)C(C)C)cc2c1. The number of alkyl halides is 1. The van der Waals surface area contributed by atoms with Gasteiger partial charge in [-0.1, -0.05) is 25.5 Å². The van der Waals surface area contributed by atoms with Gasteiger partial charge < -0.3 is 4.42 Å². The largest absolute Gasteiger partial charge is 0.461 e. The molecule has 0 spiro atoms. The minimum Gasteiger partial charge on any atom is -0.461 e. The van der Waals surface area contributed by atoms with Gasteiger partial charge in [0.05, 0.1) is 0 Å². The molecule has 0 radical (unpaired) electrons. The minimum atomic E-state index is 0.227. The van der Waals surface area contributed by atoms with Crippen molar-refractivity contribution in [1.29, 1.82) is 0 Å². The van der Waals surface area contributed by atoms with Crippen LogP contribution < -0.4 is 0 Å². The predicted molar refractivity (Wildman–Crippen MR) is 73.8 cm³/mol. The van der Waals surface area contributed by atoms with Crippen LogP contribution >= 0.6 is 11.6 Å². The van der Waals surface area contributed by atoms with Crippen molar-refractivity contribution in [2.45, 2.75) is 39.0 Å². The van der Waals surface area contributed by atoms with E-state index in [1.807, 2.05) is 6.07 Å². The van der Waals surface area contributed by atoms with Gasteiger partial charge in [0.2, 0.25) is 0 Å². The molecule has 2 rings (SSSR count). The number of rotatable bonds is 4. The highest BCUT2D eigenvalue weighted by atomic mass is 35.5. The summed E-state index contributed by atoms with van der Waals surface area (Å²) < 4.78 is 5.79. The normalized spacial score (nSPS) is 13.5. The molecule has 92 valence electrons. The molecule has 1 nitrogen and oxygen atoms in total. The summed E-state index contributed by atoms with van der Waals surface area (Å²) in [7, 11) is 0. The van der Waals surface area contributed by atoms with Crippen LogP contribution in [-0.2, 0) is 6.42 Å². The lowest BCUT2D eigenvalue weighted by atomic mass is 10.0. The third kappa shape index (κ3) is 3.04. The van der Waals surface area contributed by atoms with Crippen LogP contribution in [0.15, 0.2) is 28.7 Å². The second-order valence-corrected chi connectivity index (χ2v) is 5.61. The van der Waals surface area contributed by atoms with Crippen molar-refractivity contribution < 1.29 is 4.42 Å². The number of aryl methyl sites for hydroxylation is 2. The van der Waals surface area contributed by atoms with Gasteiger partial charge in [-0.15, -0.1) is 11.6 Å². The molecule has 0 aliphatic heterocycles. The predicted octanol–water partition coefficient (Wildman–Crippen LogP) is 4.94. The topological polar surface area (TPSA) is 13.1 Å². The van der Waals surface area contributed by atoms with E-state index in [9.17, 15) is 0 Å². The van der Waals surface area contributed by atoms with Gasteiger partial charge in [0, 0.05) is 17.2 Å². The Morgan fingerprint density at radius 2 is 2.00 bits per heavy atom. The van der Waals surface area contributed by atoms with E-state index < -0.39 is 0 Å². The molecule has 1 heterocycles. The summed E-state index contributed by atoms with van der Waals surface area (Å²) in [5.41, 5.74) is 2.24. The molecule has 1 unspecified atom stereocenters. The van der Waals surface area contributed by atoms with E-state index >= 15 is 0 Å². The maximum Gasteiger partial charge on any atom is 0.134 e. The van der Waals surface area contributed by atoms with Gasteiger partial charge in [-0.05, 0) is 37.5 Å². The lowest BCUT2D eigenvalue weighted by Gasteiger charge is -2.11. The van der Waals surface area contributed by atoms with Crippen molar-refractivity contribution >= 4 is 22.6 Å². The van der Waals surface area contributed by atoms with E-state index in [0.717, 1.165) is 24.2 Å². The Morgan fingerprint density at radius 3 is 2.71 bits per heavy atom. The van der Waals surface area contributed by atoms with Crippen LogP contribution in [-0.4, -0.2) is 5.38 Å². The molecule has 0 N–H and O–H groups in total. The molecule has 2 heteroatoms. The summed E-state index contributed by atoms with van der Waals surface area (Å²) in [5, 5.41) is 1.42. The van der Waals surface area contributed by atoms with E-state index in [-0.39, 0.29) is 5.38 Å². The number of benzene rings is 1. The van der Waals surface area contributed by atoms with Crippen molar-refractivity contribution in [3.8, 4) is 0 Å². The van der Waals surface area contributed by atoms with Gasteiger partial charge in [0.1, 0.15) is 11.3 Å². The summed E-state index contributed by atoms with van der Waals surface area (Å²) in [6.45, 7) is 6.40. The van der Waals surface area contributed by atoms with Crippen LogP contribution in [0.3, 0.4) is 0 Å². The van der Waals surface area contributed by atoms with E-state index in [1.54, 1.807) is 0 Å². The van der Waals surface area contributed by atoms with Crippen molar-refractivity contribution in [2.24, 2.45) is 5.92 Å². The van der Waals surface area contributed by atoms with Crippen molar-refractivity contribution in [2.75, 3.05) is 0 Å². The van der Waals surface area contributed by atoms with Crippen LogP contribution in [0, 0.1) is 12.8 Å². The summed E-state index contributed by atoms with van der Waals surface area (Å²) in [5.74, 6) is 1.56. The highest BCUT2D eigenvalue weighted by Crippen LogP contribution is 2.23. The van der Waals surface area contributed by atoms with Crippen LogP contribution in [0.2, 0.25) is 0 Å². The van der Waals surface area contributed by atoms with E-state index in [0.29, 0.717) is 5.92 Å². The number of hydrogen-bond acceptors (Lipinski definition) is 1. The fourth-order valence-electron chi connectivity index (χ4n) is 1.95. The highest BCUT2D eigenvalue weighted by Gasteiger charge is 2.11. The average molecular weight is 251 g/mol. The second-order valence-electron chi connectivity index (χ2n) is 5.05. The standard InChI is InChI=1S/C15H19ClO/c1-10(2)14(16)6-5-13-9-12-8-11(3)4-7-15(12)17-13/h4,7-10,14H,5-6H2,1-3H3. The third-order valence-electron chi connectivity index (χ3n) is 3.11. The lowest BCUT2D eigenvalue weighted by molar-refractivity contribution is 0.504. The Balaban J connectivity index is 2.09. The Morgan fingerprint density at radius 1 is 1.24 bits per heavy atom. The molecule has 0 aliphatic rings. The van der Waals surface area contributed by atoms with Crippen LogP contribution in [0.25, 0.3) is 11.0 Å². The molecule has 0 aliphatic carbocycles. The summed E-state index contributed by atoms with van der Waals surface area (Å²) in [6, 6.07) is 8.40. The summed E-state index contributed by atoms with van der Waals surface area (Å²) >= 11 is 6.25. The smallest absolute Gasteiger partial charge is 0.134 e. The van der Waals surface area contributed by atoms with E-state index in [1.165, 1.54) is 10.9 Å². The molecular formula is C15H19ClO.